The van der Waals surface area contributed by atoms with Gasteiger partial charge in [0.15, 0.2) is 11.5 Å². The molecule has 34 heavy (non-hydrogen) atoms. The number of methoxy groups -OCH3 is 2. The highest BCUT2D eigenvalue weighted by molar-refractivity contribution is 6.46. The normalized spacial score (nSPS) is 21.7. The van der Waals surface area contributed by atoms with E-state index in [1.165, 1.54) is 12.0 Å². The van der Waals surface area contributed by atoms with Crippen molar-refractivity contribution in [1.29, 1.82) is 0 Å². The van der Waals surface area contributed by atoms with Crippen LogP contribution in [0.1, 0.15) is 36.9 Å². The third kappa shape index (κ3) is 4.46. The van der Waals surface area contributed by atoms with Crippen LogP contribution >= 0.6 is 0 Å². The molecule has 0 aromatic heterocycles. The molecule has 2 unspecified atom stereocenters. The summed E-state index contributed by atoms with van der Waals surface area (Å²) in [6.07, 6.45) is 1.55. The number of benzene rings is 2. The Morgan fingerprint density at radius 1 is 1.09 bits per heavy atom. The zero-order valence-corrected chi connectivity index (χ0v) is 19.6. The molecule has 8 heteroatoms. The monoisotopic (exact) mass is 467 g/mol. The van der Waals surface area contributed by atoms with E-state index in [4.69, 9.17) is 18.9 Å². The number of aliphatic hydroxyl groups excluding tert-OH is 1. The molecule has 4 rings (SSSR count). The number of hydrogen-bond donors (Lipinski definition) is 1. The molecule has 2 heterocycles. The Balaban J connectivity index is 1.82. The number of amides is 1. The average Bonchev–Trinajstić information content (AvgIpc) is 3.46. The van der Waals surface area contributed by atoms with E-state index >= 15 is 0 Å². The van der Waals surface area contributed by atoms with Gasteiger partial charge in [-0.1, -0.05) is 6.07 Å². The van der Waals surface area contributed by atoms with Gasteiger partial charge in [0.1, 0.15) is 11.5 Å². The molecule has 2 aromatic rings. The maximum absolute atomic E-state index is 13.2. The number of hydrogen-bond acceptors (Lipinski definition) is 7. The summed E-state index contributed by atoms with van der Waals surface area (Å²) in [4.78, 5) is 27.8. The largest absolute Gasteiger partial charge is 0.507 e. The van der Waals surface area contributed by atoms with Gasteiger partial charge < -0.3 is 29.0 Å². The summed E-state index contributed by atoms with van der Waals surface area (Å²) in [5.41, 5.74) is 1.07. The van der Waals surface area contributed by atoms with Gasteiger partial charge in [0.05, 0.1) is 38.5 Å². The predicted molar refractivity (Wildman–Crippen MR) is 125 cm³/mol. The molecule has 2 aromatic carbocycles. The van der Waals surface area contributed by atoms with Gasteiger partial charge in [-0.2, -0.15) is 0 Å². The van der Waals surface area contributed by atoms with E-state index in [1.54, 1.807) is 49.6 Å². The van der Waals surface area contributed by atoms with Crippen molar-refractivity contribution in [2.75, 3.05) is 34.0 Å². The van der Waals surface area contributed by atoms with Crippen LogP contribution in [-0.2, 0) is 14.3 Å². The van der Waals surface area contributed by atoms with Crippen molar-refractivity contribution in [3.05, 3.63) is 59.2 Å². The summed E-state index contributed by atoms with van der Waals surface area (Å²) in [5, 5.41) is 11.2. The SMILES string of the molecule is CCOc1ccc(C2C(=C(O)c3ccc(OC)cc3)C(=O)C(=O)N2CC2CCCO2)cc1OC. The van der Waals surface area contributed by atoms with E-state index in [0.29, 0.717) is 41.6 Å². The molecule has 2 atom stereocenters. The van der Waals surface area contributed by atoms with Gasteiger partial charge in [-0.25, -0.2) is 0 Å². The van der Waals surface area contributed by atoms with Crippen LogP contribution in [0.15, 0.2) is 48.0 Å². The van der Waals surface area contributed by atoms with E-state index in [1.807, 2.05) is 6.92 Å². The maximum atomic E-state index is 13.2. The molecule has 0 aliphatic carbocycles. The molecule has 0 spiro atoms. The fourth-order valence-electron chi connectivity index (χ4n) is 4.46. The van der Waals surface area contributed by atoms with Crippen molar-refractivity contribution in [3.63, 3.8) is 0 Å². The van der Waals surface area contributed by atoms with Gasteiger partial charge in [-0.3, -0.25) is 9.59 Å². The second-order valence-corrected chi connectivity index (χ2v) is 8.16. The lowest BCUT2D eigenvalue weighted by molar-refractivity contribution is -0.140. The van der Waals surface area contributed by atoms with Gasteiger partial charge in [-0.05, 0) is 61.7 Å². The minimum absolute atomic E-state index is 0.0272. The molecule has 8 nitrogen and oxygen atoms in total. The van der Waals surface area contributed by atoms with Gasteiger partial charge >= 0.3 is 0 Å². The van der Waals surface area contributed by atoms with E-state index in [-0.39, 0.29) is 24.0 Å². The number of rotatable bonds is 8. The van der Waals surface area contributed by atoms with Crippen molar-refractivity contribution in [3.8, 4) is 17.2 Å². The van der Waals surface area contributed by atoms with Crippen LogP contribution in [0.4, 0.5) is 0 Å². The summed E-state index contributed by atoms with van der Waals surface area (Å²) in [6.45, 7) is 3.22. The first-order chi connectivity index (χ1) is 16.5. The third-order valence-corrected chi connectivity index (χ3v) is 6.13. The lowest BCUT2D eigenvalue weighted by Crippen LogP contribution is -2.36. The van der Waals surface area contributed by atoms with Crippen molar-refractivity contribution in [2.45, 2.75) is 31.9 Å². The average molecular weight is 468 g/mol. The highest BCUT2D eigenvalue weighted by atomic mass is 16.5. The Morgan fingerprint density at radius 3 is 2.47 bits per heavy atom. The Labute approximate surface area is 198 Å². The first-order valence-electron chi connectivity index (χ1n) is 11.3. The zero-order chi connectivity index (χ0) is 24.2. The number of Topliss-reactive ketones (excluding diaryl/α,β-unsaturated/α-hetero) is 1. The lowest BCUT2D eigenvalue weighted by atomic mass is 9.94. The van der Waals surface area contributed by atoms with Crippen molar-refractivity contribution >= 4 is 17.4 Å². The number of aliphatic hydroxyl groups is 1. The first kappa shape index (κ1) is 23.6. The molecule has 2 aliphatic heterocycles. The topological polar surface area (TPSA) is 94.5 Å². The van der Waals surface area contributed by atoms with Crippen LogP contribution in [0.3, 0.4) is 0 Å². The maximum Gasteiger partial charge on any atom is 0.295 e. The summed E-state index contributed by atoms with van der Waals surface area (Å²) in [5.74, 6) is 0.0101. The van der Waals surface area contributed by atoms with E-state index in [0.717, 1.165) is 12.8 Å². The second kappa shape index (κ2) is 10.2. The second-order valence-electron chi connectivity index (χ2n) is 8.16. The van der Waals surface area contributed by atoms with E-state index in [2.05, 4.69) is 0 Å². The number of carbonyl (C=O) groups excluding carboxylic acids is 2. The molecule has 0 bridgehead atoms. The smallest absolute Gasteiger partial charge is 0.295 e. The summed E-state index contributed by atoms with van der Waals surface area (Å²) in [6, 6.07) is 11.2. The van der Waals surface area contributed by atoms with Crippen molar-refractivity contribution in [1.82, 2.24) is 4.90 Å². The van der Waals surface area contributed by atoms with Crippen molar-refractivity contribution < 1.29 is 33.6 Å². The van der Waals surface area contributed by atoms with Crippen LogP contribution < -0.4 is 14.2 Å². The molecule has 2 saturated heterocycles. The number of carbonyl (C=O) groups is 2. The third-order valence-electron chi connectivity index (χ3n) is 6.13. The van der Waals surface area contributed by atoms with E-state index in [9.17, 15) is 14.7 Å². The van der Waals surface area contributed by atoms with Crippen LogP contribution in [0.25, 0.3) is 5.76 Å². The number of nitrogens with zero attached hydrogens (tertiary/aromatic N) is 1. The number of likely N-dealkylation sites (tertiary alicyclic amines) is 1. The summed E-state index contributed by atoms with van der Waals surface area (Å²) in [7, 11) is 3.08. The van der Waals surface area contributed by atoms with Crippen LogP contribution in [0.2, 0.25) is 0 Å². The van der Waals surface area contributed by atoms with Gasteiger partial charge in [0, 0.05) is 18.7 Å². The quantitative estimate of drug-likeness (QED) is 0.359. The van der Waals surface area contributed by atoms with Gasteiger partial charge in [-0.15, -0.1) is 0 Å². The molecule has 0 saturated carbocycles. The lowest BCUT2D eigenvalue weighted by Gasteiger charge is -2.28. The Bertz CT molecular complexity index is 1090. The molecular formula is C26H29NO7. The highest BCUT2D eigenvalue weighted by Crippen LogP contribution is 2.42. The summed E-state index contributed by atoms with van der Waals surface area (Å²) < 4.78 is 22.0. The predicted octanol–water partition coefficient (Wildman–Crippen LogP) is 3.70. The summed E-state index contributed by atoms with van der Waals surface area (Å²) >= 11 is 0. The molecule has 180 valence electrons. The molecular weight excluding hydrogens is 438 g/mol. The minimum atomic E-state index is -0.795. The minimum Gasteiger partial charge on any atom is -0.507 e. The molecule has 1 N–H and O–H groups in total. The first-order valence-corrected chi connectivity index (χ1v) is 11.3. The van der Waals surface area contributed by atoms with Crippen molar-refractivity contribution in [2.24, 2.45) is 0 Å². The molecule has 1 amide bonds. The number of ether oxygens (including phenoxy) is 4. The van der Waals surface area contributed by atoms with Crippen LogP contribution in [0, 0.1) is 0 Å². The van der Waals surface area contributed by atoms with Crippen LogP contribution in [0.5, 0.6) is 17.2 Å². The fourth-order valence-corrected chi connectivity index (χ4v) is 4.46. The van der Waals surface area contributed by atoms with Crippen LogP contribution in [-0.4, -0.2) is 61.8 Å². The van der Waals surface area contributed by atoms with E-state index < -0.39 is 17.7 Å². The molecule has 2 aliphatic rings. The molecule has 0 radical (unpaired) electrons. The standard InChI is InChI=1S/C26H29NO7/c1-4-33-20-12-9-17(14-21(20)32-3)23-22(24(28)16-7-10-18(31-2)11-8-16)25(29)26(30)27(23)15-19-6-5-13-34-19/h7-12,14,19,23,28H,4-6,13,15H2,1-3H3. The highest BCUT2D eigenvalue weighted by Gasteiger charge is 2.47. The Hall–Kier alpha value is -3.52. The molecule has 2 fully saturated rings. The van der Waals surface area contributed by atoms with Gasteiger partial charge in [0.2, 0.25) is 0 Å². The Kier molecular flexibility index (Phi) is 7.07. The zero-order valence-electron chi connectivity index (χ0n) is 19.6. The number of ketones is 1. The Morgan fingerprint density at radius 2 is 1.85 bits per heavy atom. The fraction of sp³-hybridized carbons (Fsp3) is 0.385. The van der Waals surface area contributed by atoms with Gasteiger partial charge in [0.25, 0.3) is 11.7 Å².